The maximum atomic E-state index is 12.5. The van der Waals surface area contributed by atoms with Gasteiger partial charge in [0.15, 0.2) is 9.84 Å². The fourth-order valence-corrected chi connectivity index (χ4v) is 3.00. The highest BCUT2D eigenvalue weighted by molar-refractivity contribution is 7.90. The van der Waals surface area contributed by atoms with Gasteiger partial charge in [0, 0.05) is 23.6 Å². The number of anilines is 1. The van der Waals surface area contributed by atoms with Crippen molar-refractivity contribution >= 4 is 21.4 Å². The lowest BCUT2D eigenvalue weighted by Gasteiger charge is -2.10. The lowest BCUT2D eigenvalue weighted by atomic mass is 10.1. The zero-order chi connectivity index (χ0) is 21.4. The highest BCUT2D eigenvalue weighted by atomic mass is 32.2. The van der Waals surface area contributed by atoms with Gasteiger partial charge in [-0.05, 0) is 42.0 Å². The third kappa shape index (κ3) is 6.93. The third-order valence-electron chi connectivity index (χ3n) is 4.18. The van der Waals surface area contributed by atoms with Gasteiger partial charge in [-0.2, -0.15) is 0 Å². The molecule has 0 spiro atoms. The van der Waals surface area contributed by atoms with Crippen molar-refractivity contribution in [3.8, 4) is 11.5 Å². The van der Waals surface area contributed by atoms with E-state index in [1.54, 1.807) is 36.4 Å². The molecular formula is C23H23NO5S. The van der Waals surface area contributed by atoms with Gasteiger partial charge in [0.05, 0.1) is 5.75 Å². The molecule has 0 saturated carbocycles. The van der Waals surface area contributed by atoms with Crippen molar-refractivity contribution in [1.82, 2.24) is 0 Å². The van der Waals surface area contributed by atoms with E-state index in [-0.39, 0.29) is 18.3 Å². The fourth-order valence-electron chi connectivity index (χ4n) is 2.61. The monoisotopic (exact) mass is 425 g/mol. The SMILES string of the molecule is CS(=O)(=O)CCOc1cccc(NC(=O)c2ccc(COc3ccccc3)cc2)c1. The van der Waals surface area contributed by atoms with Crippen LogP contribution in [0.5, 0.6) is 11.5 Å². The number of carbonyl (C=O) groups is 1. The Morgan fingerprint density at radius 2 is 1.57 bits per heavy atom. The molecule has 0 radical (unpaired) electrons. The van der Waals surface area contributed by atoms with Crippen LogP contribution in [0.3, 0.4) is 0 Å². The first-order chi connectivity index (χ1) is 14.4. The molecule has 1 N–H and O–H groups in total. The number of amides is 1. The van der Waals surface area contributed by atoms with E-state index in [1.165, 1.54) is 0 Å². The molecule has 3 rings (SSSR count). The van der Waals surface area contributed by atoms with Crippen LogP contribution < -0.4 is 14.8 Å². The van der Waals surface area contributed by atoms with Gasteiger partial charge in [0.25, 0.3) is 5.91 Å². The van der Waals surface area contributed by atoms with Crippen LogP contribution in [0.15, 0.2) is 78.9 Å². The van der Waals surface area contributed by atoms with Crippen LogP contribution in [0.2, 0.25) is 0 Å². The van der Waals surface area contributed by atoms with Crippen LogP contribution in [0.4, 0.5) is 5.69 Å². The van der Waals surface area contributed by atoms with Gasteiger partial charge in [0.1, 0.15) is 24.7 Å². The van der Waals surface area contributed by atoms with Crippen LogP contribution >= 0.6 is 0 Å². The first-order valence-electron chi connectivity index (χ1n) is 9.38. The van der Waals surface area contributed by atoms with E-state index in [2.05, 4.69) is 5.32 Å². The van der Waals surface area contributed by atoms with E-state index in [9.17, 15) is 13.2 Å². The zero-order valence-corrected chi connectivity index (χ0v) is 17.4. The predicted octanol–water partition coefficient (Wildman–Crippen LogP) is 3.94. The summed E-state index contributed by atoms with van der Waals surface area (Å²) < 4.78 is 33.5. The third-order valence-corrected chi connectivity index (χ3v) is 5.09. The summed E-state index contributed by atoms with van der Waals surface area (Å²) in [7, 11) is -3.09. The van der Waals surface area contributed by atoms with Gasteiger partial charge in [-0.25, -0.2) is 8.42 Å². The number of ether oxygens (including phenoxy) is 2. The fraction of sp³-hybridized carbons (Fsp3) is 0.174. The quantitative estimate of drug-likeness (QED) is 0.562. The summed E-state index contributed by atoms with van der Waals surface area (Å²) in [5.41, 5.74) is 2.03. The minimum atomic E-state index is -3.09. The second-order valence-corrected chi connectivity index (χ2v) is 9.02. The molecule has 0 aliphatic heterocycles. The molecule has 3 aromatic rings. The molecule has 0 aliphatic carbocycles. The Morgan fingerprint density at radius 1 is 0.867 bits per heavy atom. The van der Waals surface area contributed by atoms with Crippen LogP contribution in [-0.4, -0.2) is 32.9 Å². The second-order valence-electron chi connectivity index (χ2n) is 6.76. The minimum absolute atomic E-state index is 0.0583. The molecule has 7 heteroatoms. The van der Waals surface area contributed by atoms with Crippen molar-refractivity contribution in [2.24, 2.45) is 0 Å². The van der Waals surface area contributed by atoms with E-state index in [4.69, 9.17) is 9.47 Å². The largest absolute Gasteiger partial charge is 0.492 e. The molecule has 0 bridgehead atoms. The second kappa shape index (κ2) is 9.93. The van der Waals surface area contributed by atoms with Crippen LogP contribution in [-0.2, 0) is 16.4 Å². The molecule has 0 aromatic heterocycles. The normalized spacial score (nSPS) is 11.0. The summed E-state index contributed by atoms with van der Waals surface area (Å²) >= 11 is 0. The Morgan fingerprint density at radius 3 is 2.27 bits per heavy atom. The molecule has 156 valence electrons. The Labute approximate surface area is 176 Å². The molecule has 0 fully saturated rings. The highest BCUT2D eigenvalue weighted by Crippen LogP contribution is 2.19. The number of para-hydroxylation sites is 1. The number of rotatable bonds is 9. The number of benzene rings is 3. The number of carbonyl (C=O) groups excluding carboxylic acids is 1. The lowest BCUT2D eigenvalue weighted by molar-refractivity contribution is 0.102. The summed E-state index contributed by atoms with van der Waals surface area (Å²) in [5.74, 6) is 0.964. The number of nitrogens with one attached hydrogen (secondary N) is 1. The number of hydrogen-bond acceptors (Lipinski definition) is 5. The Balaban J connectivity index is 1.54. The van der Waals surface area contributed by atoms with Crippen LogP contribution in [0.25, 0.3) is 0 Å². The average molecular weight is 426 g/mol. The summed E-state index contributed by atoms with van der Waals surface area (Å²) in [4.78, 5) is 12.5. The van der Waals surface area contributed by atoms with E-state index in [0.29, 0.717) is 23.6 Å². The Bertz CT molecular complexity index is 1080. The topological polar surface area (TPSA) is 81.7 Å². The van der Waals surface area contributed by atoms with Crippen LogP contribution in [0, 0.1) is 0 Å². The van der Waals surface area contributed by atoms with Gasteiger partial charge in [-0.1, -0.05) is 36.4 Å². The number of sulfone groups is 1. The van der Waals surface area contributed by atoms with Gasteiger partial charge < -0.3 is 14.8 Å². The van der Waals surface area contributed by atoms with E-state index in [0.717, 1.165) is 17.6 Å². The summed E-state index contributed by atoms with van der Waals surface area (Å²) in [5, 5.41) is 2.81. The maximum absolute atomic E-state index is 12.5. The van der Waals surface area contributed by atoms with Gasteiger partial charge in [-0.15, -0.1) is 0 Å². The predicted molar refractivity (Wildman–Crippen MR) is 117 cm³/mol. The van der Waals surface area contributed by atoms with Crippen LogP contribution in [0.1, 0.15) is 15.9 Å². The van der Waals surface area contributed by atoms with Crippen molar-refractivity contribution in [3.63, 3.8) is 0 Å². The first-order valence-corrected chi connectivity index (χ1v) is 11.4. The van der Waals surface area contributed by atoms with E-state index >= 15 is 0 Å². The standard InChI is InChI=1S/C23H23NO5S/c1-30(26,27)15-14-28-22-9-5-6-20(16-22)24-23(25)19-12-10-18(11-13-19)17-29-21-7-3-2-4-8-21/h2-13,16H,14-15,17H2,1H3,(H,24,25). The molecule has 30 heavy (non-hydrogen) atoms. The molecule has 0 aliphatic rings. The smallest absolute Gasteiger partial charge is 0.255 e. The van der Waals surface area contributed by atoms with Crippen molar-refractivity contribution in [3.05, 3.63) is 90.0 Å². The first kappa shape index (κ1) is 21.4. The van der Waals surface area contributed by atoms with Crippen molar-refractivity contribution in [1.29, 1.82) is 0 Å². The molecule has 0 atom stereocenters. The van der Waals surface area contributed by atoms with Gasteiger partial charge in [0.2, 0.25) is 0 Å². The van der Waals surface area contributed by atoms with E-state index < -0.39 is 9.84 Å². The maximum Gasteiger partial charge on any atom is 0.255 e. The Kier molecular flexibility index (Phi) is 7.08. The molecule has 3 aromatic carbocycles. The summed E-state index contributed by atoms with van der Waals surface area (Å²) in [6.07, 6.45) is 1.16. The highest BCUT2D eigenvalue weighted by Gasteiger charge is 2.08. The molecule has 0 saturated heterocycles. The zero-order valence-electron chi connectivity index (χ0n) is 16.6. The molecular weight excluding hydrogens is 402 g/mol. The lowest BCUT2D eigenvalue weighted by Crippen LogP contribution is -2.13. The summed E-state index contributed by atoms with van der Waals surface area (Å²) in [6.45, 7) is 0.474. The van der Waals surface area contributed by atoms with Crippen molar-refractivity contribution < 1.29 is 22.7 Å². The molecule has 0 unspecified atom stereocenters. The summed E-state index contributed by atoms with van der Waals surface area (Å²) in [6, 6.07) is 23.5. The molecule has 1 amide bonds. The van der Waals surface area contributed by atoms with Crippen molar-refractivity contribution in [2.75, 3.05) is 23.9 Å². The molecule has 0 heterocycles. The number of hydrogen-bond donors (Lipinski definition) is 1. The minimum Gasteiger partial charge on any atom is -0.492 e. The average Bonchev–Trinajstić information content (AvgIpc) is 2.73. The molecule has 6 nitrogen and oxygen atoms in total. The Hall–Kier alpha value is -3.32. The van der Waals surface area contributed by atoms with E-state index in [1.807, 2.05) is 42.5 Å². The van der Waals surface area contributed by atoms with Crippen molar-refractivity contribution in [2.45, 2.75) is 6.61 Å². The van der Waals surface area contributed by atoms with Gasteiger partial charge in [-0.3, -0.25) is 4.79 Å². The van der Waals surface area contributed by atoms with Gasteiger partial charge >= 0.3 is 0 Å².